The standard InChI is InChI=1S/C41H52N4O5/c1-6-28(2)38(35(46)24-25-37-42-32-22-13-14-23-33(32)43-37)45-39(48)31(21-15-20-29-16-9-7-10-17-29)27-36(47)34(26-30-18-11-8-12-19-30)44-40(49)50-41(3,4)5/h7-20,22-23,28,31,34,36,38,47H,6,21,24-27H2,1-5H3,(H,42,43)(H,44,49)(H,45,48)/b20-15+/t28?,31-,34+,36+,38?/m1/s1. The number of alkyl carbamates (subject to hydrolysis) is 1. The van der Waals surface area contributed by atoms with Crippen molar-refractivity contribution < 1.29 is 24.2 Å². The van der Waals surface area contributed by atoms with Crippen LogP contribution in [0, 0.1) is 11.8 Å². The van der Waals surface area contributed by atoms with Gasteiger partial charge in [0.05, 0.1) is 29.2 Å². The van der Waals surface area contributed by atoms with E-state index in [4.69, 9.17) is 4.74 Å². The third-order valence-corrected chi connectivity index (χ3v) is 8.80. The summed E-state index contributed by atoms with van der Waals surface area (Å²) in [7, 11) is 0. The number of fused-ring (bicyclic) bond motifs is 1. The SMILES string of the molecule is CCC(C)C(NC(=O)[C@H](C/C=C/c1ccccc1)C[C@H](O)[C@H](Cc1ccccc1)NC(=O)OC(C)(C)C)C(=O)CCc1nc2ccccc2[nH]1. The van der Waals surface area contributed by atoms with E-state index in [0.717, 1.165) is 28.0 Å². The van der Waals surface area contributed by atoms with Gasteiger partial charge >= 0.3 is 6.09 Å². The average Bonchev–Trinajstić information content (AvgIpc) is 3.51. The fourth-order valence-corrected chi connectivity index (χ4v) is 5.88. The fraction of sp³-hybridized carbons (Fsp3) is 0.415. The summed E-state index contributed by atoms with van der Waals surface area (Å²) in [5.74, 6) is -0.450. The largest absolute Gasteiger partial charge is 0.444 e. The molecular formula is C41H52N4O5. The molecule has 1 heterocycles. The first-order valence-electron chi connectivity index (χ1n) is 17.6. The highest BCUT2D eigenvalue weighted by Crippen LogP contribution is 2.21. The molecule has 0 saturated heterocycles. The average molecular weight is 681 g/mol. The Kier molecular flexibility index (Phi) is 13.9. The highest BCUT2D eigenvalue weighted by Gasteiger charge is 2.32. The number of carbonyl (C=O) groups excluding carboxylic acids is 3. The molecule has 1 aromatic heterocycles. The molecule has 50 heavy (non-hydrogen) atoms. The van der Waals surface area contributed by atoms with Crippen LogP contribution in [0.2, 0.25) is 0 Å². The highest BCUT2D eigenvalue weighted by molar-refractivity contribution is 5.90. The number of hydrogen-bond acceptors (Lipinski definition) is 6. The Balaban J connectivity index is 1.53. The minimum absolute atomic E-state index is 0.0542. The minimum atomic E-state index is -1.09. The van der Waals surface area contributed by atoms with Crippen molar-refractivity contribution >= 4 is 34.9 Å². The summed E-state index contributed by atoms with van der Waals surface area (Å²) in [6.07, 6.45) is 4.18. The van der Waals surface area contributed by atoms with Crippen LogP contribution in [-0.4, -0.2) is 56.6 Å². The first kappa shape index (κ1) is 38.0. The number of aryl methyl sites for hydroxylation is 1. The Labute approximate surface area is 295 Å². The van der Waals surface area contributed by atoms with E-state index in [2.05, 4.69) is 20.6 Å². The molecule has 266 valence electrons. The first-order valence-corrected chi connectivity index (χ1v) is 17.6. The second kappa shape index (κ2) is 18.3. The maximum atomic E-state index is 14.1. The van der Waals surface area contributed by atoms with Gasteiger partial charge in [0, 0.05) is 18.8 Å². The second-order valence-corrected chi connectivity index (χ2v) is 14.0. The quantitative estimate of drug-likeness (QED) is 0.0932. The third-order valence-electron chi connectivity index (χ3n) is 8.80. The summed E-state index contributed by atoms with van der Waals surface area (Å²) in [6.45, 7) is 9.29. The van der Waals surface area contributed by atoms with E-state index in [-0.39, 0.29) is 30.4 Å². The molecule has 5 atom stereocenters. The number of H-pyrrole nitrogens is 1. The van der Waals surface area contributed by atoms with Gasteiger partial charge in [-0.25, -0.2) is 9.78 Å². The number of allylic oxidation sites excluding steroid dienone is 1. The van der Waals surface area contributed by atoms with Crippen molar-refractivity contribution in [3.05, 3.63) is 108 Å². The zero-order valence-electron chi connectivity index (χ0n) is 29.9. The van der Waals surface area contributed by atoms with Gasteiger partial charge in [0.15, 0.2) is 5.78 Å². The smallest absolute Gasteiger partial charge is 0.407 e. The molecule has 0 fully saturated rings. The number of hydrogen-bond donors (Lipinski definition) is 4. The molecule has 0 bridgehead atoms. The van der Waals surface area contributed by atoms with Gasteiger partial charge in [-0.3, -0.25) is 9.59 Å². The number of imidazole rings is 1. The van der Waals surface area contributed by atoms with Gasteiger partial charge < -0.3 is 25.5 Å². The lowest BCUT2D eigenvalue weighted by atomic mass is 9.88. The summed E-state index contributed by atoms with van der Waals surface area (Å²) in [6, 6.07) is 25.6. The van der Waals surface area contributed by atoms with Crippen molar-refractivity contribution in [1.29, 1.82) is 0 Å². The number of amides is 2. The summed E-state index contributed by atoms with van der Waals surface area (Å²) >= 11 is 0. The Hall–Kier alpha value is -4.76. The van der Waals surface area contributed by atoms with Gasteiger partial charge in [-0.2, -0.15) is 0 Å². The van der Waals surface area contributed by atoms with Gasteiger partial charge in [0.25, 0.3) is 0 Å². The predicted molar refractivity (Wildman–Crippen MR) is 198 cm³/mol. The van der Waals surface area contributed by atoms with Crippen molar-refractivity contribution in [3.63, 3.8) is 0 Å². The molecule has 0 aliphatic rings. The van der Waals surface area contributed by atoms with Crippen LogP contribution in [-0.2, 0) is 27.2 Å². The summed E-state index contributed by atoms with van der Waals surface area (Å²) in [5.41, 5.74) is 2.94. The molecule has 9 nitrogen and oxygen atoms in total. The molecule has 4 aromatic rings. The Morgan fingerprint density at radius 3 is 2.26 bits per heavy atom. The van der Waals surface area contributed by atoms with Crippen molar-refractivity contribution in [2.75, 3.05) is 0 Å². The van der Waals surface area contributed by atoms with Crippen LogP contribution in [0.1, 0.15) is 77.3 Å². The third kappa shape index (κ3) is 12.0. The molecule has 2 amide bonds. The number of ether oxygens (including phenoxy) is 1. The lowest BCUT2D eigenvalue weighted by Crippen LogP contribution is -2.50. The van der Waals surface area contributed by atoms with Crippen molar-refractivity contribution in [1.82, 2.24) is 20.6 Å². The molecule has 0 radical (unpaired) electrons. The van der Waals surface area contributed by atoms with Crippen LogP contribution < -0.4 is 10.6 Å². The van der Waals surface area contributed by atoms with Crippen LogP contribution in [0.3, 0.4) is 0 Å². The number of aliphatic hydroxyl groups excluding tert-OH is 1. The molecule has 0 spiro atoms. The number of aliphatic hydroxyl groups is 1. The van der Waals surface area contributed by atoms with Crippen LogP contribution >= 0.6 is 0 Å². The predicted octanol–water partition coefficient (Wildman–Crippen LogP) is 7.20. The molecule has 4 rings (SSSR count). The van der Waals surface area contributed by atoms with Crippen molar-refractivity contribution in [3.8, 4) is 0 Å². The number of rotatable bonds is 17. The number of benzene rings is 3. The highest BCUT2D eigenvalue weighted by atomic mass is 16.6. The molecule has 9 heteroatoms. The number of para-hydroxylation sites is 2. The molecule has 0 saturated carbocycles. The Morgan fingerprint density at radius 1 is 0.940 bits per heavy atom. The number of ketones is 1. The maximum absolute atomic E-state index is 14.1. The summed E-state index contributed by atoms with van der Waals surface area (Å²) < 4.78 is 5.52. The summed E-state index contributed by atoms with van der Waals surface area (Å²) in [5, 5.41) is 17.6. The van der Waals surface area contributed by atoms with E-state index in [1.54, 1.807) is 20.8 Å². The first-order chi connectivity index (χ1) is 23.9. The van der Waals surface area contributed by atoms with Gasteiger partial charge in [0.2, 0.25) is 5.91 Å². The van der Waals surface area contributed by atoms with Crippen molar-refractivity contribution in [2.45, 2.75) is 96.9 Å². The number of nitrogens with zero attached hydrogens (tertiary/aromatic N) is 1. The van der Waals surface area contributed by atoms with Crippen LogP contribution in [0.25, 0.3) is 17.1 Å². The van der Waals surface area contributed by atoms with Crippen molar-refractivity contribution in [2.24, 2.45) is 11.8 Å². The molecule has 3 aromatic carbocycles. The zero-order valence-corrected chi connectivity index (χ0v) is 29.9. The lowest BCUT2D eigenvalue weighted by Gasteiger charge is -2.30. The van der Waals surface area contributed by atoms with E-state index in [0.29, 0.717) is 25.7 Å². The normalized spacial score (nSPS) is 14.8. The zero-order chi connectivity index (χ0) is 36.1. The number of Topliss-reactive ketones (excluding diaryl/α,β-unsaturated/α-hetero) is 1. The van der Waals surface area contributed by atoms with Crippen LogP contribution in [0.4, 0.5) is 4.79 Å². The maximum Gasteiger partial charge on any atom is 0.407 e. The second-order valence-electron chi connectivity index (χ2n) is 14.0. The van der Waals surface area contributed by atoms with E-state index in [1.807, 2.05) is 111 Å². The Bertz CT molecular complexity index is 1660. The van der Waals surface area contributed by atoms with Gasteiger partial charge in [-0.15, -0.1) is 0 Å². The molecule has 0 aliphatic carbocycles. The lowest BCUT2D eigenvalue weighted by molar-refractivity contribution is -0.132. The Morgan fingerprint density at radius 2 is 1.60 bits per heavy atom. The fourth-order valence-electron chi connectivity index (χ4n) is 5.88. The minimum Gasteiger partial charge on any atom is -0.444 e. The van der Waals surface area contributed by atoms with E-state index in [1.165, 1.54) is 0 Å². The van der Waals surface area contributed by atoms with E-state index in [9.17, 15) is 19.5 Å². The summed E-state index contributed by atoms with van der Waals surface area (Å²) in [4.78, 5) is 48.5. The number of aromatic nitrogens is 2. The van der Waals surface area contributed by atoms with Gasteiger partial charge in [-0.1, -0.05) is 105 Å². The number of nitrogens with one attached hydrogen (secondary N) is 3. The van der Waals surface area contributed by atoms with Gasteiger partial charge in [-0.05, 0) is 69.2 Å². The molecule has 0 aliphatic heterocycles. The van der Waals surface area contributed by atoms with Crippen LogP contribution in [0.5, 0.6) is 0 Å². The topological polar surface area (TPSA) is 133 Å². The monoisotopic (exact) mass is 680 g/mol. The molecular weight excluding hydrogens is 628 g/mol. The number of carbonyl (C=O) groups is 3. The van der Waals surface area contributed by atoms with Crippen LogP contribution in [0.15, 0.2) is 91.0 Å². The molecule has 2 unspecified atom stereocenters. The van der Waals surface area contributed by atoms with E-state index >= 15 is 0 Å². The molecule has 4 N–H and O–H groups in total. The van der Waals surface area contributed by atoms with Gasteiger partial charge in [0.1, 0.15) is 11.4 Å². The number of aromatic amines is 1. The van der Waals surface area contributed by atoms with E-state index < -0.39 is 35.8 Å².